The van der Waals surface area contributed by atoms with E-state index in [2.05, 4.69) is 5.32 Å². The topological polar surface area (TPSA) is 47.6 Å². The van der Waals surface area contributed by atoms with Gasteiger partial charge in [-0.1, -0.05) is 18.2 Å². The molecular formula is C18H19NO3. The zero-order valence-corrected chi connectivity index (χ0v) is 12.5. The Bertz CT molecular complexity index is 652. The molecule has 2 aromatic rings. The Hall–Kier alpha value is -2.49. The Balaban J connectivity index is 1.63. The molecule has 2 aromatic carbocycles. The first-order valence-corrected chi connectivity index (χ1v) is 7.50. The van der Waals surface area contributed by atoms with Crippen LogP contribution in [0.3, 0.4) is 0 Å². The largest absolute Gasteiger partial charge is 0.494 e. The van der Waals surface area contributed by atoms with Gasteiger partial charge in [0.15, 0.2) is 0 Å². The monoisotopic (exact) mass is 297 g/mol. The van der Waals surface area contributed by atoms with E-state index < -0.39 is 0 Å². The van der Waals surface area contributed by atoms with Crippen molar-refractivity contribution >= 4 is 11.6 Å². The molecule has 1 aliphatic heterocycles. The van der Waals surface area contributed by atoms with Crippen molar-refractivity contribution in [3.8, 4) is 11.5 Å². The van der Waals surface area contributed by atoms with E-state index in [0.717, 1.165) is 22.7 Å². The van der Waals surface area contributed by atoms with Crippen LogP contribution in [-0.4, -0.2) is 19.1 Å². The molecule has 1 N–H and O–H groups in total. The molecule has 0 unspecified atom stereocenters. The average molecular weight is 297 g/mol. The van der Waals surface area contributed by atoms with Crippen LogP contribution in [0, 0.1) is 5.92 Å². The lowest BCUT2D eigenvalue weighted by molar-refractivity contribution is -0.121. The first-order valence-electron chi connectivity index (χ1n) is 7.50. The number of fused-ring (bicyclic) bond motifs is 1. The Morgan fingerprint density at radius 1 is 1.23 bits per heavy atom. The van der Waals surface area contributed by atoms with Crippen LogP contribution in [0.2, 0.25) is 0 Å². The summed E-state index contributed by atoms with van der Waals surface area (Å²) < 4.78 is 11.1. The van der Waals surface area contributed by atoms with Crippen LogP contribution in [-0.2, 0) is 11.2 Å². The van der Waals surface area contributed by atoms with Gasteiger partial charge in [0.1, 0.15) is 18.1 Å². The van der Waals surface area contributed by atoms with E-state index in [-0.39, 0.29) is 11.8 Å². The number of benzene rings is 2. The van der Waals surface area contributed by atoms with Crippen molar-refractivity contribution in [3.63, 3.8) is 0 Å². The molecule has 0 spiro atoms. The number of hydrogen-bond donors (Lipinski definition) is 1. The van der Waals surface area contributed by atoms with Crippen molar-refractivity contribution in [2.45, 2.75) is 13.3 Å². The highest BCUT2D eigenvalue weighted by atomic mass is 16.5. The van der Waals surface area contributed by atoms with Gasteiger partial charge < -0.3 is 14.8 Å². The number of nitrogens with one attached hydrogen (secondary N) is 1. The highest BCUT2D eigenvalue weighted by Gasteiger charge is 2.25. The Morgan fingerprint density at radius 3 is 2.77 bits per heavy atom. The summed E-state index contributed by atoms with van der Waals surface area (Å²) in [5.41, 5.74) is 1.85. The fraction of sp³-hybridized carbons (Fsp3) is 0.278. The molecule has 1 atom stereocenters. The van der Waals surface area contributed by atoms with Crippen LogP contribution in [0.25, 0.3) is 0 Å². The summed E-state index contributed by atoms with van der Waals surface area (Å²) >= 11 is 0. The molecule has 0 saturated carbocycles. The van der Waals surface area contributed by atoms with Gasteiger partial charge in [-0.15, -0.1) is 0 Å². The number of rotatable bonds is 4. The van der Waals surface area contributed by atoms with Gasteiger partial charge in [-0.3, -0.25) is 4.79 Å². The van der Waals surface area contributed by atoms with Crippen LogP contribution in [0.5, 0.6) is 11.5 Å². The van der Waals surface area contributed by atoms with Crippen molar-refractivity contribution < 1.29 is 14.3 Å². The summed E-state index contributed by atoms with van der Waals surface area (Å²) in [6.45, 7) is 2.99. The molecule has 4 nitrogen and oxygen atoms in total. The van der Waals surface area contributed by atoms with Gasteiger partial charge >= 0.3 is 0 Å². The van der Waals surface area contributed by atoms with Crippen molar-refractivity contribution in [1.29, 1.82) is 0 Å². The molecule has 0 fully saturated rings. The Kier molecular flexibility index (Phi) is 4.28. The van der Waals surface area contributed by atoms with Gasteiger partial charge in [-0.05, 0) is 49.2 Å². The molecular weight excluding hydrogens is 278 g/mol. The van der Waals surface area contributed by atoms with Crippen LogP contribution in [0.4, 0.5) is 5.69 Å². The zero-order chi connectivity index (χ0) is 15.4. The van der Waals surface area contributed by atoms with E-state index >= 15 is 0 Å². The summed E-state index contributed by atoms with van der Waals surface area (Å²) in [5, 5.41) is 2.94. The van der Waals surface area contributed by atoms with Crippen LogP contribution < -0.4 is 14.8 Å². The number of carbonyl (C=O) groups excluding carboxylic acids is 1. The first kappa shape index (κ1) is 14.4. The minimum atomic E-state index is -0.165. The second-order valence-electron chi connectivity index (χ2n) is 5.27. The summed E-state index contributed by atoms with van der Waals surface area (Å²) in [6.07, 6.45) is 0.707. The van der Waals surface area contributed by atoms with E-state index in [0.29, 0.717) is 19.6 Å². The van der Waals surface area contributed by atoms with Gasteiger partial charge in [-0.25, -0.2) is 0 Å². The third-order valence-electron chi connectivity index (χ3n) is 3.68. The number of hydrogen-bond acceptors (Lipinski definition) is 3. The number of anilines is 1. The van der Waals surface area contributed by atoms with E-state index in [1.165, 1.54) is 0 Å². The third kappa shape index (κ3) is 3.22. The minimum Gasteiger partial charge on any atom is -0.494 e. The maximum absolute atomic E-state index is 12.4. The van der Waals surface area contributed by atoms with Gasteiger partial charge in [0.2, 0.25) is 5.91 Å². The Labute approximate surface area is 130 Å². The lowest BCUT2D eigenvalue weighted by atomic mass is 9.96. The van der Waals surface area contributed by atoms with Gasteiger partial charge in [0, 0.05) is 5.69 Å². The molecule has 1 heterocycles. The first-order chi connectivity index (χ1) is 10.8. The lowest BCUT2D eigenvalue weighted by Gasteiger charge is -2.24. The van der Waals surface area contributed by atoms with Crippen molar-refractivity contribution in [2.24, 2.45) is 5.92 Å². The number of amides is 1. The molecule has 4 heteroatoms. The maximum atomic E-state index is 12.4. The quantitative estimate of drug-likeness (QED) is 0.942. The van der Waals surface area contributed by atoms with Crippen molar-refractivity contribution in [2.75, 3.05) is 18.5 Å². The molecule has 0 bridgehead atoms. The van der Waals surface area contributed by atoms with Gasteiger partial charge in [0.25, 0.3) is 0 Å². The molecule has 3 rings (SSSR count). The molecule has 1 amide bonds. The fourth-order valence-corrected chi connectivity index (χ4v) is 2.54. The van der Waals surface area contributed by atoms with Gasteiger partial charge in [0.05, 0.1) is 12.5 Å². The van der Waals surface area contributed by atoms with Gasteiger partial charge in [-0.2, -0.15) is 0 Å². The SMILES string of the molecule is CCOc1ccc(NC(=O)[C@H]2COc3ccccc3C2)cc1. The van der Waals surface area contributed by atoms with Crippen LogP contribution >= 0.6 is 0 Å². The Morgan fingerprint density at radius 2 is 2.00 bits per heavy atom. The van der Waals surface area contributed by atoms with Crippen molar-refractivity contribution in [1.82, 2.24) is 0 Å². The highest BCUT2D eigenvalue weighted by Crippen LogP contribution is 2.27. The van der Waals surface area contributed by atoms with E-state index in [1.807, 2.05) is 55.5 Å². The third-order valence-corrected chi connectivity index (χ3v) is 3.68. The fourth-order valence-electron chi connectivity index (χ4n) is 2.54. The normalized spacial score (nSPS) is 16.3. The molecule has 0 aliphatic carbocycles. The number of carbonyl (C=O) groups is 1. The predicted molar refractivity (Wildman–Crippen MR) is 85.4 cm³/mol. The molecule has 1 aliphatic rings. The van der Waals surface area contributed by atoms with Crippen LogP contribution in [0.1, 0.15) is 12.5 Å². The second kappa shape index (κ2) is 6.52. The molecule has 0 saturated heterocycles. The standard InChI is InChI=1S/C18H19NO3/c1-2-21-16-9-7-15(8-10-16)19-18(20)14-11-13-5-3-4-6-17(13)22-12-14/h3-10,14H,2,11-12H2,1H3,(H,19,20)/t14-/m1/s1. The summed E-state index contributed by atoms with van der Waals surface area (Å²) in [7, 11) is 0. The summed E-state index contributed by atoms with van der Waals surface area (Å²) in [4.78, 5) is 12.4. The molecule has 22 heavy (non-hydrogen) atoms. The van der Waals surface area contributed by atoms with E-state index in [1.54, 1.807) is 0 Å². The van der Waals surface area contributed by atoms with E-state index in [4.69, 9.17) is 9.47 Å². The average Bonchev–Trinajstić information content (AvgIpc) is 2.56. The summed E-state index contributed by atoms with van der Waals surface area (Å²) in [6, 6.07) is 15.3. The van der Waals surface area contributed by atoms with Crippen LogP contribution in [0.15, 0.2) is 48.5 Å². The highest BCUT2D eigenvalue weighted by molar-refractivity contribution is 5.93. The van der Waals surface area contributed by atoms with Crippen molar-refractivity contribution in [3.05, 3.63) is 54.1 Å². The molecule has 0 radical (unpaired) electrons. The van der Waals surface area contributed by atoms with E-state index in [9.17, 15) is 4.79 Å². The minimum absolute atomic E-state index is 0.0151. The lowest BCUT2D eigenvalue weighted by Crippen LogP contribution is -2.32. The second-order valence-corrected chi connectivity index (χ2v) is 5.27. The smallest absolute Gasteiger partial charge is 0.231 e. The number of para-hydroxylation sites is 1. The molecule has 114 valence electrons. The zero-order valence-electron chi connectivity index (χ0n) is 12.5. The number of ether oxygens (including phenoxy) is 2. The summed E-state index contributed by atoms with van der Waals surface area (Å²) in [5.74, 6) is 1.50. The predicted octanol–water partition coefficient (Wildman–Crippen LogP) is 3.28. The maximum Gasteiger partial charge on any atom is 0.231 e. The molecule has 0 aromatic heterocycles.